The maximum absolute atomic E-state index is 12.1. The smallest absolute Gasteiger partial charge is 0.255 e. The van der Waals surface area contributed by atoms with Gasteiger partial charge >= 0.3 is 0 Å². The molecule has 16 heavy (non-hydrogen) atoms. The number of benzene rings is 1. The lowest BCUT2D eigenvalue weighted by Gasteiger charge is -2.23. The molecule has 1 rings (SSSR count). The minimum Gasteiger partial charge on any atom is -0.338 e. The Bertz CT molecular complexity index is 395. The molecule has 4 heteroatoms. The molecule has 0 fully saturated rings. The van der Waals surface area contributed by atoms with E-state index >= 15 is 0 Å². The molecule has 0 bridgehead atoms. The Labute approximate surface area is 110 Å². The predicted molar refractivity (Wildman–Crippen MR) is 71.5 cm³/mol. The Hall–Kier alpha value is -0.540. The molecule has 1 aromatic carbocycles. The summed E-state index contributed by atoms with van der Waals surface area (Å²) in [6, 6.07) is 5.65. The first kappa shape index (κ1) is 13.5. The van der Waals surface area contributed by atoms with Gasteiger partial charge in [0.25, 0.3) is 5.91 Å². The van der Waals surface area contributed by atoms with Gasteiger partial charge in [0.05, 0.1) is 10.6 Å². The molecule has 1 amide bonds. The van der Waals surface area contributed by atoms with E-state index in [1.807, 2.05) is 26.0 Å². The Balaban J connectivity index is 3.01. The van der Waals surface area contributed by atoms with Crippen LogP contribution in [-0.4, -0.2) is 29.2 Å². The molecule has 1 unspecified atom stereocenters. The van der Waals surface area contributed by atoms with Gasteiger partial charge in [-0.3, -0.25) is 4.79 Å². The summed E-state index contributed by atoms with van der Waals surface area (Å²) < 4.78 is 0. The second-order valence-corrected chi connectivity index (χ2v) is 4.88. The second kappa shape index (κ2) is 5.69. The molecule has 0 aromatic heterocycles. The predicted octanol–water partition coefficient (Wildman–Crippen LogP) is 3.50. The van der Waals surface area contributed by atoms with Crippen molar-refractivity contribution in [1.29, 1.82) is 0 Å². The van der Waals surface area contributed by atoms with E-state index in [2.05, 4.69) is 15.9 Å². The zero-order valence-corrected chi connectivity index (χ0v) is 12.0. The summed E-state index contributed by atoms with van der Waals surface area (Å²) in [6.07, 6.45) is 0. The van der Waals surface area contributed by atoms with Gasteiger partial charge in [0.1, 0.15) is 0 Å². The molecule has 0 N–H and O–H groups in total. The summed E-state index contributed by atoms with van der Waals surface area (Å²) in [5.74, 6) is -0.0411. The number of rotatable bonds is 3. The number of aryl methyl sites for hydroxylation is 1. The van der Waals surface area contributed by atoms with Crippen molar-refractivity contribution in [3.8, 4) is 0 Å². The van der Waals surface area contributed by atoms with Crippen LogP contribution in [0.4, 0.5) is 0 Å². The van der Waals surface area contributed by atoms with Gasteiger partial charge in [0, 0.05) is 18.4 Å². The average molecular weight is 305 g/mol. The molecule has 2 nitrogen and oxygen atoms in total. The molecular formula is C12H15BrClNO. The highest BCUT2D eigenvalue weighted by atomic mass is 79.9. The maximum atomic E-state index is 12.1. The number of hydrogen-bond donors (Lipinski definition) is 0. The Morgan fingerprint density at radius 3 is 2.75 bits per heavy atom. The van der Waals surface area contributed by atoms with Gasteiger partial charge < -0.3 is 4.90 Å². The number of carbonyl (C=O) groups excluding carboxylic acids is 1. The lowest BCUT2D eigenvalue weighted by Crippen LogP contribution is -2.36. The molecule has 1 aromatic rings. The van der Waals surface area contributed by atoms with Crippen LogP contribution >= 0.6 is 27.5 Å². The van der Waals surface area contributed by atoms with Gasteiger partial charge in [-0.25, -0.2) is 0 Å². The van der Waals surface area contributed by atoms with E-state index in [0.29, 0.717) is 10.6 Å². The quantitative estimate of drug-likeness (QED) is 0.783. The fourth-order valence-electron chi connectivity index (χ4n) is 1.31. The van der Waals surface area contributed by atoms with Crippen molar-refractivity contribution in [2.75, 3.05) is 12.4 Å². The van der Waals surface area contributed by atoms with Crippen molar-refractivity contribution in [2.24, 2.45) is 0 Å². The molecule has 0 aliphatic heterocycles. The Morgan fingerprint density at radius 1 is 1.56 bits per heavy atom. The van der Waals surface area contributed by atoms with E-state index < -0.39 is 0 Å². The van der Waals surface area contributed by atoms with Crippen molar-refractivity contribution in [3.05, 3.63) is 34.3 Å². The minimum absolute atomic E-state index is 0.0411. The zero-order chi connectivity index (χ0) is 12.3. The van der Waals surface area contributed by atoms with E-state index in [1.54, 1.807) is 18.0 Å². The van der Waals surface area contributed by atoms with Gasteiger partial charge in [-0.05, 0) is 25.5 Å². The standard InChI is InChI=1S/C12H15BrClNO/c1-8-5-4-6-10(11(8)14)12(16)15(3)9(2)7-13/h4-6,9H,7H2,1-3H3. The second-order valence-electron chi connectivity index (χ2n) is 3.86. The van der Waals surface area contributed by atoms with Crippen molar-refractivity contribution in [2.45, 2.75) is 19.9 Å². The minimum atomic E-state index is -0.0411. The number of alkyl halides is 1. The molecule has 88 valence electrons. The molecule has 0 aliphatic carbocycles. The highest BCUT2D eigenvalue weighted by molar-refractivity contribution is 9.09. The van der Waals surface area contributed by atoms with Crippen LogP contribution in [0.25, 0.3) is 0 Å². The normalized spacial score (nSPS) is 12.3. The molecule has 0 aliphatic rings. The number of nitrogens with zero attached hydrogens (tertiary/aromatic N) is 1. The number of hydrogen-bond acceptors (Lipinski definition) is 1. The summed E-state index contributed by atoms with van der Waals surface area (Å²) >= 11 is 9.48. The number of carbonyl (C=O) groups is 1. The summed E-state index contributed by atoms with van der Waals surface area (Å²) in [5, 5.41) is 1.29. The van der Waals surface area contributed by atoms with Gasteiger partial charge in [-0.1, -0.05) is 39.7 Å². The van der Waals surface area contributed by atoms with Crippen LogP contribution in [0.2, 0.25) is 5.02 Å². The Kier molecular flexibility index (Phi) is 4.81. The van der Waals surface area contributed by atoms with Crippen molar-refractivity contribution < 1.29 is 4.79 Å². The van der Waals surface area contributed by atoms with E-state index in [1.165, 1.54) is 0 Å². The fourth-order valence-corrected chi connectivity index (χ4v) is 1.95. The van der Waals surface area contributed by atoms with Crippen LogP contribution in [0.1, 0.15) is 22.8 Å². The third-order valence-electron chi connectivity index (χ3n) is 2.63. The van der Waals surface area contributed by atoms with E-state index in [0.717, 1.165) is 10.9 Å². The molecule has 0 saturated carbocycles. The summed E-state index contributed by atoms with van der Waals surface area (Å²) in [4.78, 5) is 13.8. The number of amides is 1. The van der Waals surface area contributed by atoms with Crippen LogP contribution in [0.3, 0.4) is 0 Å². The summed E-state index contributed by atoms with van der Waals surface area (Å²) in [5.41, 5.74) is 1.49. The van der Waals surface area contributed by atoms with E-state index in [-0.39, 0.29) is 11.9 Å². The molecule has 0 radical (unpaired) electrons. The lowest BCUT2D eigenvalue weighted by molar-refractivity contribution is 0.0758. The maximum Gasteiger partial charge on any atom is 0.255 e. The highest BCUT2D eigenvalue weighted by Gasteiger charge is 2.19. The third kappa shape index (κ3) is 2.77. The SMILES string of the molecule is Cc1cccc(C(=O)N(C)C(C)CBr)c1Cl. The van der Waals surface area contributed by atoms with E-state index in [4.69, 9.17) is 11.6 Å². The van der Waals surface area contributed by atoms with Gasteiger partial charge in [-0.15, -0.1) is 0 Å². The highest BCUT2D eigenvalue weighted by Crippen LogP contribution is 2.22. The van der Waals surface area contributed by atoms with Crippen LogP contribution in [0.5, 0.6) is 0 Å². The molecular weight excluding hydrogens is 289 g/mol. The molecule has 0 saturated heterocycles. The topological polar surface area (TPSA) is 20.3 Å². The molecule has 0 spiro atoms. The van der Waals surface area contributed by atoms with Crippen LogP contribution in [0.15, 0.2) is 18.2 Å². The number of halogens is 2. The molecule has 1 atom stereocenters. The first-order valence-electron chi connectivity index (χ1n) is 5.07. The average Bonchev–Trinajstić information content (AvgIpc) is 2.29. The summed E-state index contributed by atoms with van der Waals surface area (Å²) in [6.45, 7) is 3.88. The van der Waals surface area contributed by atoms with Gasteiger partial charge in [0.2, 0.25) is 0 Å². The van der Waals surface area contributed by atoms with Crippen molar-refractivity contribution >= 4 is 33.4 Å². The van der Waals surface area contributed by atoms with Crippen LogP contribution in [0, 0.1) is 6.92 Å². The third-order valence-corrected chi connectivity index (χ3v) is 4.07. The van der Waals surface area contributed by atoms with Crippen LogP contribution in [-0.2, 0) is 0 Å². The monoisotopic (exact) mass is 303 g/mol. The van der Waals surface area contributed by atoms with Crippen molar-refractivity contribution in [3.63, 3.8) is 0 Å². The van der Waals surface area contributed by atoms with Crippen LogP contribution < -0.4 is 0 Å². The largest absolute Gasteiger partial charge is 0.338 e. The van der Waals surface area contributed by atoms with Gasteiger partial charge in [0.15, 0.2) is 0 Å². The Morgan fingerprint density at radius 2 is 2.19 bits per heavy atom. The van der Waals surface area contributed by atoms with Gasteiger partial charge in [-0.2, -0.15) is 0 Å². The fraction of sp³-hybridized carbons (Fsp3) is 0.417. The zero-order valence-electron chi connectivity index (χ0n) is 9.63. The lowest BCUT2D eigenvalue weighted by atomic mass is 10.1. The van der Waals surface area contributed by atoms with E-state index in [9.17, 15) is 4.79 Å². The van der Waals surface area contributed by atoms with Crippen molar-refractivity contribution in [1.82, 2.24) is 4.90 Å². The first-order chi connectivity index (χ1) is 7.49. The summed E-state index contributed by atoms with van der Waals surface area (Å²) in [7, 11) is 1.78. The first-order valence-corrected chi connectivity index (χ1v) is 6.57. The molecule has 0 heterocycles.